The Hall–Kier alpha value is -5.99. The van der Waals surface area contributed by atoms with Crippen LogP contribution in [0.1, 0.15) is 97.4 Å². The fourth-order valence-electron chi connectivity index (χ4n) is 6.84. The molecule has 0 spiro atoms. The number of unbranched alkanes of at least 4 members (excludes halogenated alkanes) is 2. The van der Waals surface area contributed by atoms with E-state index < -0.39 is 72.4 Å². The zero-order chi connectivity index (χ0) is 41.1. The highest BCUT2D eigenvalue weighted by Gasteiger charge is 2.63. The van der Waals surface area contributed by atoms with Crippen LogP contribution in [0.25, 0.3) is 22.3 Å². The molecule has 0 bridgehead atoms. The minimum absolute atomic E-state index is 0.0360. The summed E-state index contributed by atoms with van der Waals surface area (Å²) in [6, 6.07) is 0. The number of nitrogen functional groups attached to an aromatic ring is 2. The molecule has 0 saturated carbocycles. The Morgan fingerprint density at radius 1 is 0.807 bits per heavy atom. The topological polar surface area (TPSA) is 237 Å². The molecular formula is C37H41F2N10O8. The van der Waals surface area contributed by atoms with Crippen molar-refractivity contribution in [3.63, 3.8) is 0 Å². The van der Waals surface area contributed by atoms with E-state index in [1.54, 1.807) is 6.92 Å². The number of nitrogens with zero attached hydrogens (tertiary/aromatic N) is 8. The summed E-state index contributed by atoms with van der Waals surface area (Å²) in [5.74, 6) is 2.69. The molecule has 6 atom stereocenters. The quantitative estimate of drug-likeness (QED) is 0.0754. The van der Waals surface area contributed by atoms with Gasteiger partial charge in [-0.3, -0.25) is 23.5 Å². The molecule has 0 aromatic carbocycles. The van der Waals surface area contributed by atoms with Crippen molar-refractivity contribution in [1.82, 2.24) is 39.0 Å². The van der Waals surface area contributed by atoms with Gasteiger partial charge in [0.2, 0.25) is 11.7 Å². The minimum Gasteiger partial charge on any atom is -0.458 e. The average molecular weight is 792 g/mol. The molecule has 0 aliphatic carbocycles. The average Bonchev–Trinajstić information content (AvgIpc) is 3.96. The predicted molar refractivity (Wildman–Crippen MR) is 195 cm³/mol. The molecule has 0 amide bonds. The van der Waals surface area contributed by atoms with E-state index in [9.17, 15) is 23.2 Å². The van der Waals surface area contributed by atoms with Crippen LogP contribution in [0.15, 0.2) is 12.7 Å². The second-order valence-corrected chi connectivity index (χ2v) is 13.5. The van der Waals surface area contributed by atoms with Gasteiger partial charge in [0.1, 0.15) is 18.6 Å². The second kappa shape index (κ2) is 16.6. The van der Waals surface area contributed by atoms with Crippen LogP contribution < -0.4 is 11.5 Å². The van der Waals surface area contributed by atoms with E-state index in [1.807, 2.05) is 13.8 Å². The summed E-state index contributed by atoms with van der Waals surface area (Å²) in [6.07, 6.45) is 9.02. The lowest BCUT2D eigenvalue weighted by atomic mass is 9.81. The predicted octanol–water partition coefficient (Wildman–Crippen LogP) is 3.77. The van der Waals surface area contributed by atoms with E-state index in [2.05, 4.69) is 41.7 Å². The fraction of sp³-hybridized carbons (Fsp3) is 0.514. The van der Waals surface area contributed by atoms with Crippen LogP contribution in [-0.2, 0) is 38.1 Å². The third-order valence-electron chi connectivity index (χ3n) is 9.77. The Kier molecular flexibility index (Phi) is 11.9. The largest absolute Gasteiger partial charge is 0.458 e. The van der Waals surface area contributed by atoms with Crippen LogP contribution in [0, 0.1) is 42.9 Å². The number of fused-ring (bicyclic) bond motifs is 2. The van der Waals surface area contributed by atoms with E-state index >= 15 is 0 Å². The summed E-state index contributed by atoms with van der Waals surface area (Å²) in [4.78, 5) is 62.9. The fourth-order valence-corrected chi connectivity index (χ4v) is 6.84. The van der Waals surface area contributed by atoms with Crippen molar-refractivity contribution in [1.29, 1.82) is 0 Å². The first-order valence-corrected chi connectivity index (χ1v) is 18.4. The van der Waals surface area contributed by atoms with Crippen molar-refractivity contribution in [3.05, 3.63) is 30.9 Å². The second-order valence-electron chi connectivity index (χ2n) is 13.5. The molecular weight excluding hydrogens is 750 g/mol. The summed E-state index contributed by atoms with van der Waals surface area (Å²) >= 11 is 0. The molecule has 6 heterocycles. The number of hydrogen-bond acceptors (Lipinski definition) is 16. The van der Waals surface area contributed by atoms with Crippen molar-refractivity contribution in [2.24, 2.45) is 0 Å². The van der Waals surface area contributed by atoms with Crippen LogP contribution in [0.3, 0.4) is 0 Å². The van der Waals surface area contributed by atoms with Gasteiger partial charge < -0.3 is 35.2 Å². The first-order chi connectivity index (χ1) is 27.3. The number of terminal acetylenes is 2. The number of imidazole rings is 2. The maximum atomic E-state index is 14.4. The molecule has 18 nitrogen and oxygen atoms in total. The van der Waals surface area contributed by atoms with Gasteiger partial charge in [-0.25, -0.2) is 9.97 Å². The van der Waals surface area contributed by atoms with Crippen molar-refractivity contribution in [3.8, 4) is 24.7 Å². The zero-order valence-electron chi connectivity index (χ0n) is 31.4. The summed E-state index contributed by atoms with van der Waals surface area (Å²) in [5, 5.41) is 0. The molecule has 4 aromatic rings. The van der Waals surface area contributed by atoms with Gasteiger partial charge in [-0.05, 0) is 12.8 Å². The molecule has 1 radical (unpaired) electrons. The molecule has 0 unspecified atom stereocenters. The van der Waals surface area contributed by atoms with Crippen molar-refractivity contribution < 1.29 is 46.8 Å². The Bertz CT molecular complexity index is 2250. The molecule has 20 heteroatoms. The number of esters is 3. The van der Waals surface area contributed by atoms with Gasteiger partial charge in [-0.15, -0.1) is 12.8 Å². The maximum absolute atomic E-state index is 14.4. The van der Waals surface area contributed by atoms with E-state index in [-0.39, 0.29) is 72.2 Å². The Morgan fingerprint density at radius 3 is 1.86 bits per heavy atom. The lowest BCUT2D eigenvalue weighted by Crippen LogP contribution is -2.52. The van der Waals surface area contributed by atoms with Gasteiger partial charge >= 0.3 is 30.1 Å². The Labute approximate surface area is 325 Å². The number of rotatable bonds is 15. The molecule has 57 heavy (non-hydrogen) atoms. The summed E-state index contributed by atoms with van der Waals surface area (Å²) in [5.41, 5.74) is 7.72. The summed E-state index contributed by atoms with van der Waals surface area (Å²) < 4.78 is 62.6. The van der Waals surface area contributed by atoms with Crippen LogP contribution in [0.2, 0.25) is 0 Å². The van der Waals surface area contributed by atoms with Crippen molar-refractivity contribution in [2.75, 3.05) is 11.5 Å². The van der Waals surface area contributed by atoms with Crippen LogP contribution in [0.5, 0.6) is 0 Å². The SMILES string of the molecule is C#C[C@@]1(C[C](OC(=O)CCCC)[C@@]2(C#C)O[C@@H](n3cnc4c(N)nc(F)nc43)C[C@@H]2OC(=O)CC)O[C@@H](n2cnc3c(N)nc(F)nc32)C[C@@H]1OC(=O)CCCC. The molecule has 301 valence electrons. The molecule has 2 saturated heterocycles. The monoisotopic (exact) mass is 791 g/mol. The number of hydrogen-bond donors (Lipinski definition) is 2. The van der Waals surface area contributed by atoms with Crippen molar-refractivity contribution >= 4 is 51.9 Å². The zero-order valence-corrected chi connectivity index (χ0v) is 31.4. The number of nitrogens with two attached hydrogens (primary N) is 2. The number of aromatic nitrogens is 8. The highest BCUT2D eigenvalue weighted by Crippen LogP contribution is 2.51. The highest BCUT2D eigenvalue weighted by atomic mass is 19.1. The third kappa shape index (κ3) is 7.87. The van der Waals surface area contributed by atoms with E-state index in [0.717, 1.165) is 0 Å². The van der Waals surface area contributed by atoms with E-state index in [0.29, 0.717) is 25.7 Å². The van der Waals surface area contributed by atoms with Gasteiger partial charge in [-0.2, -0.15) is 28.7 Å². The molecule has 2 aliphatic heterocycles. The number of carbonyl (C=O) groups excluding carboxylic acids is 3. The number of halogens is 2. The number of carbonyl (C=O) groups is 3. The van der Waals surface area contributed by atoms with Gasteiger partial charge in [0.25, 0.3) is 0 Å². The standard InChI is InChI=1S/C37H41F2N10O8/c1-6-11-13-26(51)53-20-15-23(48-18-42-28-30(40)44-34(38)46-32(28)48)56-36(20,9-4)17-22(55-27(52)14-12-7-2)37(10-5)21(54-25(50)8-3)16-24(57-37)49-19-43-29-31(41)45-35(39)47-33(29)49/h4-5,18-21,23-24H,6-8,11-17H2,1-3H3,(H2,40,44,46)(H2,41,45,47)/t20-,21-,23+,24+,36-,37-/m0/s1. The maximum Gasteiger partial charge on any atom is 0.312 e. The summed E-state index contributed by atoms with van der Waals surface area (Å²) in [7, 11) is 0. The van der Waals surface area contributed by atoms with Gasteiger partial charge in [0.15, 0.2) is 45.7 Å². The molecule has 2 fully saturated rings. The normalized spacial score (nSPS) is 24.4. The lowest BCUT2D eigenvalue weighted by Gasteiger charge is -2.39. The van der Waals surface area contributed by atoms with E-state index in [1.165, 1.54) is 21.8 Å². The highest BCUT2D eigenvalue weighted by molar-refractivity contribution is 5.82. The molecule has 2 aliphatic rings. The summed E-state index contributed by atoms with van der Waals surface area (Å²) in [6.45, 7) is 5.34. The number of ether oxygens (including phenoxy) is 5. The van der Waals surface area contributed by atoms with Crippen LogP contribution in [-0.4, -0.2) is 80.4 Å². The molecule has 4 N–H and O–H groups in total. The lowest BCUT2D eigenvalue weighted by molar-refractivity contribution is -0.174. The number of anilines is 2. The van der Waals surface area contributed by atoms with Crippen molar-refractivity contribution in [2.45, 2.75) is 121 Å². The van der Waals surface area contributed by atoms with Gasteiger partial charge in [0, 0.05) is 38.5 Å². The Balaban J connectivity index is 1.46. The molecule has 4 aromatic heterocycles. The first-order valence-electron chi connectivity index (χ1n) is 18.4. The van der Waals surface area contributed by atoms with Crippen LogP contribution in [0.4, 0.5) is 20.4 Å². The Morgan fingerprint density at radius 2 is 1.33 bits per heavy atom. The van der Waals surface area contributed by atoms with E-state index in [4.69, 9.17) is 48.0 Å². The van der Waals surface area contributed by atoms with Gasteiger partial charge in [-0.1, -0.05) is 45.5 Å². The smallest absolute Gasteiger partial charge is 0.312 e. The molecule has 6 rings (SSSR count). The van der Waals surface area contributed by atoms with Gasteiger partial charge in [0.05, 0.1) is 12.7 Å². The first kappa shape index (κ1) is 40.7. The minimum atomic E-state index is -2.18. The third-order valence-corrected chi connectivity index (χ3v) is 9.77. The van der Waals surface area contributed by atoms with Crippen LogP contribution >= 0.6 is 0 Å².